The quantitative estimate of drug-likeness (QED) is 0.227. The zero-order valence-electron chi connectivity index (χ0n) is 27.7. The van der Waals surface area contributed by atoms with Crippen LogP contribution in [0.1, 0.15) is 51.5 Å². The van der Waals surface area contributed by atoms with Crippen LogP contribution in [-0.4, -0.2) is 76.9 Å². The maximum Gasteiger partial charge on any atom is 0.319 e. The Morgan fingerprint density at radius 1 is 1.14 bits per heavy atom. The second-order valence-corrected chi connectivity index (χ2v) is 14.7. The number of nitrogens with two attached hydrogens (primary N) is 1. The van der Waals surface area contributed by atoms with Gasteiger partial charge in [-0.2, -0.15) is 9.97 Å². The predicted molar refractivity (Wildman–Crippen MR) is 183 cm³/mol. The van der Waals surface area contributed by atoms with Crippen molar-refractivity contribution in [3.63, 3.8) is 0 Å². The second kappa shape index (κ2) is 11.4. The van der Waals surface area contributed by atoms with Gasteiger partial charge in [-0.15, -0.1) is 0 Å². The predicted octanol–water partition coefficient (Wildman–Crippen LogP) is 6.08. The molecule has 0 spiro atoms. The van der Waals surface area contributed by atoms with Gasteiger partial charge in [0.15, 0.2) is 5.82 Å². The van der Waals surface area contributed by atoms with E-state index in [1.807, 2.05) is 13.8 Å². The molecule has 2 bridgehead atoms. The Labute approximate surface area is 282 Å². The molecule has 0 amide bonds. The van der Waals surface area contributed by atoms with Crippen LogP contribution in [0.5, 0.6) is 11.9 Å². The molecule has 0 unspecified atom stereocenters. The van der Waals surface area contributed by atoms with Crippen molar-refractivity contribution < 1.29 is 22.6 Å². The molecule has 4 aliphatic heterocycles. The van der Waals surface area contributed by atoms with E-state index in [0.717, 1.165) is 57.1 Å². The highest BCUT2D eigenvalue weighted by Gasteiger charge is 2.48. The van der Waals surface area contributed by atoms with Gasteiger partial charge in [0.2, 0.25) is 5.88 Å². The Kier molecular flexibility index (Phi) is 7.21. The number of rotatable bonds is 7. The summed E-state index contributed by atoms with van der Waals surface area (Å²) >= 11 is 0. The molecule has 4 fully saturated rings. The molecule has 6 heterocycles. The van der Waals surface area contributed by atoms with Crippen LogP contribution in [0.2, 0.25) is 0 Å². The molecule has 1 aliphatic carbocycles. The number of hydrogen-bond donors (Lipinski definition) is 2. The van der Waals surface area contributed by atoms with Gasteiger partial charge >= 0.3 is 6.01 Å². The molecule has 1 saturated carbocycles. The summed E-state index contributed by atoms with van der Waals surface area (Å²) in [6.07, 6.45) is 5.57. The number of pyridine rings is 1. The lowest BCUT2D eigenvalue weighted by molar-refractivity contribution is 0.154. The number of nitrogens with one attached hydrogen (secondary N) is 1. The van der Waals surface area contributed by atoms with Crippen molar-refractivity contribution in [3.05, 3.63) is 53.4 Å². The normalized spacial score (nSPS) is 26.3. The maximum absolute atomic E-state index is 17.2. The second-order valence-electron chi connectivity index (χ2n) is 14.7. The SMILES string of the molecule is CCc1c(F)ccc2cc(N)cc(-c3nc4c5c(nc(OCC6(CN7CC/C(=C\F)C7)CC6)nc5c3F)N3C[C@H]5CC[C@H](N5)[C@H]3[C@H](C)O4)c12. The van der Waals surface area contributed by atoms with Gasteiger partial charge < -0.3 is 25.4 Å². The highest BCUT2D eigenvalue weighted by molar-refractivity contribution is 6.04. The maximum atomic E-state index is 17.2. The van der Waals surface area contributed by atoms with Gasteiger partial charge in [-0.25, -0.2) is 18.2 Å². The van der Waals surface area contributed by atoms with Crippen LogP contribution in [0.4, 0.5) is 24.7 Å². The molecule has 9 nitrogen and oxygen atoms in total. The number of nitrogens with zero attached hydrogens (tertiary/aromatic N) is 5. The number of halogens is 3. The van der Waals surface area contributed by atoms with Gasteiger partial charge in [0.25, 0.3) is 0 Å². The first kappa shape index (κ1) is 30.9. The summed E-state index contributed by atoms with van der Waals surface area (Å²) in [6.45, 7) is 7.20. The minimum atomic E-state index is -0.665. The lowest BCUT2D eigenvalue weighted by Gasteiger charge is -2.42. The number of benzene rings is 2. The lowest BCUT2D eigenvalue weighted by Crippen LogP contribution is -2.62. The molecular weight excluding hydrogens is 631 g/mol. The molecule has 49 heavy (non-hydrogen) atoms. The van der Waals surface area contributed by atoms with Crippen LogP contribution in [0.15, 0.2) is 36.2 Å². The van der Waals surface area contributed by atoms with Crippen LogP contribution >= 0.6 is 0 Å². The van der Waals surface area contributed by atoms with E-state index in [9.17, 15) is 4.39 Å². The zero-order chi connectivity index (χ0) is 33.6. The summed E-state index contributed by atoms with van der Waals surface area (Å²) < 4.78 is 58.6. The van der Waals surface area contributed by atoms with Gasteiger partial charge in [0.05, 0.1) is 19.0 Å². The van der Waals surface area contributed by atoms with Gasteiger partial charge in [-0.05, 0) is 85.6 Å². The van der Waals surface area contributed by atoms with E-state index in [4.69, 9.17) is 30.2 Å². The molecule has 2 aromatic heterocycles. The van der Waals surface area contributed by atoms with Crippen molar-refractivity contribution in [2.45, 2.75) is 76.6 Å². The van der Waals surface area contributed by atoms with Gasteiger partial charge in [0.1, 0.15) is 34.3 Å². The molecule has 256 valence electrons. The van der Waals surface area contributed by atoms with Crippen molar-refractivity contribution in [2.24, 2.45) is 5.41 Å². The summed E-state index contributed by atoms with van der Waals surface area (Å²) in [5.41, 5.74) is 8.37. The number of likely N-dealkylation sites (tertiary alicyclic amines) is 1. The highest BCUT2D eigenvalue weighted by atomic mass is 19.1. The third-order valence-electron chi connectivity index (χ3n) is 11.4. The monoisotopic (exact) mass is 671 g/mol. The van der Waals surface area contributed by atoms with Crippen LogP contribution in [0, 0.1) is 17.0 Å². The van der Waals surface area contributed by atoms with Gasteiger partial charge in [0, 0.05) is 54.9 Å². The Bertz CT molecular complexity index is 2040. The number of hydrogen-bond acceptors (Lipinski definition) is 9. The molecule has 9 rings (SSSR count). The number of ether oxygens (including phenoxy) is 2. The fourth-order valence-corrected chi connectivity index (χ4v) is 8.79. The van der Waals surface area contributed by atoms with E-state index in [-0.39, 0.29) is 58.6 Å². The van der Waals surface area contributed by atoms with Gasteiger partial charge in [-0.3, -0.25) is 4.90 Å². The average Bonchev–Trinajstić information content (AvgIpc) is 3.57. The largest absolute Gasteiger partial charge is 0.472 e. The zero-order valence-corrected chi connectivity index (χ0v) is 27.7. The number of nitrogen functional groups attached to an aromatic ring is 1. The summed E-state index contributed by atoms with van der Waals surface area (Å²) in [4.78, 5) is 19.0. The highest BCUT2D eigenvalue weighted by Crippen LogP contribution is 2.48. The molecule has 12 heteroatoms. The molecule has 2 aromatic carbocycles. The minimum Gasteiger partial charge on any atom is -0.472 e. The average molecular weight is 672 g/mol. The van der Waals surface area contributed by atoms with Crippen LogP contribution in [0.3, 0.4) is 0 Å². The first-order valence-electron chi connectivity index (χ1n) is 17.5. The van der Waals surface area contributed by atoms with E-state index in [1.165, 1.54) is 6.07 Å². The number of anilines is 2. The van der Waals surface area contributed by atoms with E-state index < -0.39 is 5.82 Å². The number of aromatic nitrogens is 3. The topological polar surface area (TPSA) is 102 Å². The van der Waals surface area contributed by atoms with Crippen LogP contribution in [-0.2, 0) is 6.42 Å². The molecule has 3 saturated heterocycles. The summed E-state index contributed by atoms with van der Waals surface area (Å²) in [7, 11) is 0. The van der Waals surface area contributed by atoms with Crippen molar-refractivity contribution in [1.29, 1.82) is 0 Å². The fourth-order valence-electron chi connectivity index (χ4n) is 8.79. The van der Waals surface area contributed by atoms with Crippen molar-refractivity contribution in [1.82, 2.24) is 25.2 Å². The first-order chi connectivity index (χ1) is 23.7. The van der Waals surface area contributed by atoms with Crippen LogP contribution in [0.25, 0.3) is 32.9 Å². The van der Waals surface area contributed by atoms with Gasteiger partial charge in [-0.1, -0.05) is 13.0 Å². The van der Waals surface area contributed by atoms with E-state index in [0.29, 0.717) is 64.9 Å². The van der Waals surface area contributed by atoms with Crippen LogP contribution < -0.4 is 25.4 Å². The molecule has 4 atom stereocenters. The summed E-state index contributed by atoms with van der Waals surface area (Å²) in [5, 5.41) is 5.40. The molecule has 5 aliphatic rings. The van der Waals surface area contributed by atoms with Crippen molar-refractivity contribution >= 4 is 33.2 Å². The molecule has 0 radical (unpaired) electrons. The van der Waals surface area contributed by atoms with E-state index >= 15 is 8.78 Å². The number of piperazine rings is 1. The third-order valence-corrected chi connectivity index (χ3v) is 11.4. The standard InChI is InChI=1S/C37H40F3N7O2/c1-3-24-26(39)6-4-21-12-22(41)13-25(28(21)24)31-30(40)32-29-34(47-16-23-5-7-27(42-23)33(47)19(2)49-35(29)43-31)45-36(44-32)48-18-37(9-10-37)17-46-11-8-20(14-38)15-46/h4,6,12-14,19,23,27,33,42H,3,5,7-11,15-18,41H2,1-2H3/b20-14+/t19-,23+,27-,33+/m0/s1. The summed E-state index contributed by atoms with van der Waals surface area (Å²) in [5.74, 6) is -0.243. The first-order valence-corrected chi connectivity index (χ1v) is 17.5. The number of aryl methyl sites for hydroxylation is 1. The Hall–Kier alpha value is -4.16. The van der Waals surface area contributed by atoms with E-state index in [2.05, 4.69) is 15.1 Å². The smallest absolute Gasteiger partial charge is 0.319 e. The van der Waals surface area contributed by atoms with Crippen molar-refractivity contribution in [3.8, 4) is 23.1 Å². The summed E-state index contributed by atoms with van der Waals surface area (Å²) in [6, 6.07) is 6.97. The van der Waals surface area contributed by atoms with E-state index in [1.54, 1.807) is 18.2 Å². The lowest BCUT2D eigenvalue weighted by atomic mass is 9.94. The minimum absolute atomic E-state index is 0.00756. The molecule has 4 aromatic rings. The molecular formula is C37H40F3N7O2. The van der Waals surface area contributed by atoms with Crippen molar-refractivity contribution in [2.75, 3.05) is 43.4 Å². The third kappa shape index (κ3) is 5.09. The number of fused-ring (bicyclic) bond motifs is 6. The Balaban J connectivity index is 1.19. The Morgan fingerprint density at radius 3 is 2.78 bits per heavy atom. The fraction of sp³-hybridized carbons (Fsp3) is 0.486. The molecule has 3 N–H and O–H groups in total. The Morgan fingerprint density at radius 2 is 2.00 bits per heavy atom.